The number of carbonyl (C=O) groups excluding carboxylic acids is 1. The van der Waals surface area contributed by atoms with E-state index in [1.807, 2.05) is 52.9 Å². The lowest BCUT2D eigenvalue weighted by atomic mass is 10.2. The maximum atomic E-state index is 12.5. The van der Waals surface area contributed by atoms with Gasteiger partial charge in [-0.05, 0) is 42.5 Å². The number of anilines is 1. The van der Waals surface area contributed by atoms with Crippen LogP contribution in [0, 0.1) is 0 Å². The van der Waals surface area contributed by atoms with Crippen molar-refractivity contribution in [2.24, 2.45) is 0 Å². The Morgan fingerprint density at radius 2 is 1.63 bits per heavy atom. The molecule has 0 aliphatic rings. The highest BCUT2D eigenvalue weighted by Gasteiger charge is 2.15. The van der Waals surface area contributed by atoms with Crippen LogP contribution >= 0.6 is 35.0 Å². The van der Waals surface area contributed by atoms with Crippen molar-refractivity contribution in [3.63, 3.8) is 0 Å². The first-order valence-electron chi connectivity index (χ1n) is 9.13. The smallest absolute Gasteiger partial charge is 0.234 e. The van der Waals surface area contributed by atoms with Crippen LogP contribution in [0.3, 0.4) is 0 Å². The number of benzene rings is 3. The fraction of sp³-hybridized carbons (Fsp3) is 0.0455. The minimum absolute atomic E-state index is 0.175. The van der Waals surface area contributed by atoms with Gasteiger partial charge in [0.2, 0.25) is 5.91 Å². The lowest BCUT2D eigenvalue weighted by molar-refractivity contribution is -0.113. The van der Waals surface area contributed by atoms with E-state index in [-0.39, 0.29) is 11.7 Å². The Morgan fingerprint density at radius 3 is 2.43 bits per heavy atom. The fourth-order valence-electron chi connectivity index (χ4n) is 3.36. The predicted octanol–water partition coefficient (Wildman–Crippen LogP) is 6.07. The second-order valence-electron chi connectivity index (χ2n) is 6.67. The van der Waals surface area contributed by atoms with Gasteiger partial charge in [0.25, 0.3) is 0 Å². The quantitative estimate of drug-likeness (QED) is 0.265. The zero-order valence-corrected chi connectivity index (χ0v) is 17.8. The van der Waals surface area contributed by atoms with Gasteiger partial charge in [-0.2, -0.15) is 0 Å². The van der Waals surface area contributed by atoms with Gasteiger partial charge in [0.05, 0.1) is 22.3 Å². The minimum atomic E-state index is -0.175. The molecule has 148 valence electrons. The second kappa shape index (κ2) is 7.80. The predicted molar refractivity (Wildman–Crippen MR) is 124 cm³/mol. The Morgan fingerprint density at radius 1 is 0.933 bits per heavy atom. The molecule has 2 heterocycles. The van der Waals surface area contributed by atoms with E-state index in [9.17, 15) is 4.79 Å². The van der Waals surface area contributed by atoms with E-state index in [4.69, 9.17) is 33.2 Å². The van der Waals surface area contributed by atoms with E-state index < -0.39 is 0 Å². The monoisotopic (exact) mass is 452 g/mol. The molecule has 3 aromatic carbocycles. The first-order chi connectivity index (χ1) is 14.6. The Kier molecular flexibility index (Phi) is 4.98. The molecule has 0 saturated heterocycles. The van der Waals surface area contributed by atoms with Crippen LogP contribution in [0.2, 0.25) is 10.0 Å². The number of amides is 1. The summed E-state index contributed by atoms with van der Waals surface area (Å²) in [5.74, 6) is 0.00253. The Labute approximate surface area is 186 Å². The molecule has 1 N–H and O–H groups in total. The highest BCUT2D eigenvalue weighted by Crippen LogP contribution is 2.29. The van der Waals surface area contributed by atoms with Gasteiger partial charge in [-0.3, -0.25) is 9.20 Å². The molecule has 8 heteroatoms. The third kappa shape index (κ3) is 3.58. The van der Waals surface area contributed by atoms with E-state index in [2.05, 4.69) is 5.32 Å². The molecular weight excluding hydrogens is 439 g/mol. The Hall–Kier alpha value is -2.80. The number of nitrogens with one attached hydrogen (secondary N) is 1. The van der Waals surface area contributed by atoms with Crippen molar-refractivity contribution in [3.05, 3.63) is 76.8 Å². The van der Waals surface area contributed by atoms with Crippen LogP contribution in [0.4, 0.5) is 5.69 Å². The molecule has 0 spiro atoms. The molecule has 0 fully saturated rings. The number of rotatable bonds is 4. The van der Waals surface area contributed by atoms with Gasteiger partial charge in [-0.1, -0.05) is 59.2 Å². The number of para-hydroxylation sites is 3. The summed E-state index contributed by atoms with van der Waals surface area (Å²) < 4.78 is 2.01. The number of fused-ring (bicyclic) bond motifs is 5. The number of nitrogens with zero attached hydrogens (tertiary/aromatic N) is 3. The van der Waals surface area contributed by atoms with E-state index in [0.29, 0.717) is 20.9 Å². The van der Waals surface area contributed by atoms with Crippen molar-refractivity contribution in [1.82, 2.24) is 14.4 Å². The molecule has 0 radical (unpaired) electrons. The van der Waals surface area contributed by atoms with Crippen LogP contribution in [0.15, 0.2) is 71.9 Å². The third-order valence-electron chi connectivity index (χ3n) is 4.59. The van der Waals surface area contributed by atoms with Crippen LogP contribution in [-0.4, -0.2) is 26.0 Å². The number of carbonyl (C=O) groups is 1. The lowest BCUT2D eigenvalue weighted by Crippen LogP contribution is -2.14. The average molecular weight is 453 g/mol. The van der Waals surface area contributed by atoms with Gasteiger partial charge in [0.1, 0.15) is 5.65 Å². The number of hydrogen-bond donors (Lipinski definition) is 1. The van der Waals surface area contributed by atoms with Crippen LogP contribution in [-0.2, 0) is 4.79 Å². The van der Waals surface area contributed by atoms with Crippen molar-refractivity contribution >= 4 is 74.1 Å². The Balaban J connectivity index is 1.51. The number of halogens is 2. The molecule has 0 aliphatic heterocycles. The van der Waals surface area contributed by atoms with Crippen molar-refractivity contribution in [2.75, 3.05) is 11.1 Å². The molecule has 0 saturated carbocycles. The molecule has 0 bridgehead atoms. The van der Waals surface area contributed by atoms with E-state index in [1.54, 1.807) is 18.2 Å². The molecule has 5 aromatic rings. The second-order valence-corrected chi connectivity index (χ2v) is 8.48. The number of imidazole rings is 1. The van der Waals surface area contributed by atoms with Crippen LogP contribution in [0.1, 0.15) is 0 Å². The first-order valence-corrected chi connectivity index (χ1v) is 10.9. The van der Waals surface area contributed by atoms with Crippen LogP contribution < -0.4 is 5.32 Å². The Bertz CT molecular complexity index is 1410. The number of hydrogen-bond acceptors (Lipinski definition) is 4. The first kappa shape index (κ1) is 19.2. The number of thioether (sulfide) groups is 1. The van der Waals surface area contributed by atoms with Gasteiger partial charge < -0.3 is 5.32 Å². The van der Waals surface area contributed by atoms with Gasteiger partial charge in [0, 0.05) is 21.1 Å². The zero-order chi connectivity index (χ0) is 20.7. The van der Waals surface area contributed by atoms with Crippen LogP contribution in [0.25, 0.3) is 27.6 Å². The maximum Gasteiger partial charge on any atom is 0.234 e. The highest BCUT2D eigenvalue weighted by molar-refractivity contribution is 7.99. The van der Waals surface area contributed by atoms with Crippen LogP contribution in [0.5, 0.6) is 0 Å². The maximum absolute atomic E-state index is 12.5. The lowest BCUT2D eigenvalue weighted by Gasteiger charge is -2.09. The summed E-state index contributed by atoms with van der Waals surface area (Å²) in [6, 6.07) is 20.7. The summed E-state index contributed by atoms with van der Waals surface area (Å²) in [4.78, 5) is 22.1. The SMILES string of the molecule is O=C(CSc1nc2ccccc2c2nc3ccccc3n12)Nc1cc(Cl)cc(Cl)c1. The van der Waals surface area contributed by atoms with Crippen molar-refractivity contribution in [3.8, 4) is 0 Å². The summed E-state index contributed by atoms with van der Waals surface area (Å²) in [6.45, 7) is 0. The molecule has 0 aliphatic carbocycles. The van der Waals surface area contributed by atoms with Gasteiger partial charge >= 0.3 is 0 Å². The largest absolute Gasteiger partial charge is 0.325 e. The normalized spacial score (nSPS) is 11.4. The number of aromatic nitrogens is 3. The molecular formula is C22H14Cl2N4OS. The molecule has 0 atom stereocenters. The van der Waals surface area contributed by atoms with E-state index in [0.717, 1.165) is 27.6 Å². The topological polar surface area (TPSA) is 59.3 Å². The summed E-state index contributed by atoms with van der Waals surface area (Å²) in [5, 5.41) is 5.43. The molecule has 1 amide bonds. The zero-order valence-electron chi connectivity index (χ0n) is 15.5. The summed E-state index contributed by atoms with van der Waals surface area (Å²) in [6.07, 6.45) is 0. The van der Waals surface area contributed by atoms with Crippen molar-refractivity contribution in [1.29, 1.82) is 0 Å². The van der Waals surface area contributed by atoms with Gasteiger partial charge in [-0.25, -0.2) is 9.97 Å². The highest BCUT2D eigenvalue weighted by atomic mass is 35.5. The molecule has 0 unspecified atom stereocenters. The summed E-state index contributed by atoms with van der Waals surface area (Å²) in [5.41, 5.74) is 4.06. The fourth-order valence-corrected chi connectivity index (χ4v) is 4.70. The standard InChI is InChI=1S/C22H14Cl2N4OS/c23-13-9-14(24)11-15(10-13)25-20(29)12-30-22-27-17-6-2-1-5-16(17)21-26-18-7-3-4-8-19(18)28(21)22/h1-11H,12H2,(H,25,29). The third-order valence-corrected chi connectivity index (χ3v) is 5.97. The summed E-state index contributed by atoms with van der Waals surface area (Å²) in [7, 11) is 0. The van der Waals surface area contributed by atoms with E-state index >= 15 is 0 Å². The molecule has 30 heavy (non-hydrogen) atoms. The average Bonchev–Trinajstić information content (AvgIpc) is 3.11. The summed E-state index contributed by atoms with van der Waals surface area (Å²) >= 11 is 13.4. The molecule has 5 rings (SSSR count). The van der Waals surface area contributed by atoms with Crippen molar-refractivity contribution < 1.29 is 4.79 Å². The minimum Gasteiger partial charge on any atom is -0.325 e. The van der Waals surface area contributed by atoms with E-state index in [1.165, 1.54) is 11.8 Å². The van der Waals surface area contributed by atoms with Gasteiger partial charge in [0.15, 0.2) is 5.16 Å². The molecule has 2 aromatic heterocycles. The van der Waals surface area contributed by atoms with Crippen molar-refractivity contribution in [2.45, 2.75) is 5.16 Å². The van der Waals surface area contributed by atoms with Gasteiger partial charge in [-0.15, -0.1) is 0 Å². The molecule has 5 nitrogen and oxygen atoms in total.